The van der Waals surface area contributed by atoms with Gasteiger partial charge >= 0.3 is 0 Å². The van der Waals surface area contributed by atoms with Crippen molar-refractivity contribution in [3.05, 3.63) is 24.2 Å². The van der Waals surface area contributed by atoms with Gasteiger partial charge in [0.25, 0.3) is 5.91 Å². The van der Waals surface area contributed by atoms with E-state index in [9.17, 15) is 4.79 Å². The van der Waals surface area contributed by atoms with Crippen LogP contribution < -0.4 is 11.5 Å². The maximum atomic E-state index is 10.8. The normalized spacial score (nSPS) is 10.9. The van der Waals surface area contributed by atoms with Crippen LogP contribution in [0.2, 0.25) is 0 Å². The molecule has 6 nitrogen and oxygen atoms in total. The summed E-state index contributed by atoms with van der Waals surface area (Å²) in [6.07, 6.45) is 4.71. The maximum Gasteiger partial charge on any atom is 0.271 e. The lowest BCUT2D eigenvalue weighted by Gasteiger charge is -1.99. The molecule has 5 N–H and O–H groups in total. The zero-order chi connectivity index (χ0) is 10.6. The Kier molecular flexibility index (Phi) is 3.24. The molecule has 1 rings (SSSR count). The molecule has 0 saturated carbocycles. The highest BCUT2D eigenvalue weighted by Crippen LogP contribution is 2.08. The summed E-state index contributed by atoms with van der Waals surface area (Å²) in [6.45, 7) is 0.421. The molecule has 1 amide bonds. The van der Waals surface area contributed by atoms with E-state index in [1.54, 1.807) is 16.7 Å². The molecule has 0 saturated heterocycles. The van der Waals surface area contributed by atoms with Crippen molar-refractivity contribution in [2.45, 2.75) is 6.54 Å². The minimum Gasteiger partial charge on any atom is -0.392 e. The monoisotopic (exact) mass is 196 g/mol. The Morgan fingerprint density at radius 1 is 1.64 bits per heavy atom. The summed E-state index contributed by atoms with van der Waals surface area (Å²) in [7, 11) is 0. The highest BCUT2D eigenvalue weighted by Gasteiger charge is 2.10. The fraction of sp³-hybridized carbons (Fsp3) is 0.250. The molecule has 0 bridgehead atoms. The molecule has 0 atom stereocenters. The van der Waals surface area contributed by atoms with Crippen molar-refractivity contribution in [3.8, 4) is 0 Å². The number of primary amides is 1. The maximum absolute atomic E-state index is 10.8. The first kappa shape index (κ1) is 10.3. The van der Waals surface area contributed by atoms with Gasteiger partial charge in [0.1, 0.15) is 5.82 Å². The van der Waals surface area contributed by atoms with E-state index in [0.29, 0.717) is 6.54 Å². The second kappa shape index (κ2) is 4.43. The average molecular weight is 196 g/mol. The van der Waals surface area contributed by atoms with E-state index < -0.39 is 5.91 Å². The Morgan fingerprint density at radius 3 is 2.86 bits per heavy atom. The molecule has 0 aliphatic heterocycles. The third kappa shape index (κ3) is 2.11. The quantitative estimate of drug-likeness (QED) is 0.543. The summed E-state index contributed by atoms with van der Waals surface area (Å²) in [5.74, 6) is -0.410. The Bertz CT molecular complexity index is 356. The van der Waals surface area contributed by atoms with E-state index in [4.69, 9.17) is 16.6 Å². The number of aliphatic hydroxyl groups is 1. The summed E-state index contributed by atoms with van der Waals surface area (Å²) >= 11 is 0. The molecule has 0 radical (unpaired) electrons. The van der Waals surface area contributed by atoms with Crippen LogP contribution in [0.5, 0.6) is 0 Å². The van der Waals surface area contributed by atoms with Crippen molar-refractivity contribution in [3.63, 3.8) is 0 Å². The number of amides is 1. The van der Waals surface area contributed by atoms with Crippen LogP contribution in [0, 0.1) is 0 Å². The summed E-state index contributed by atoms with van der Waals surface area (Å²) < 4.78 is 1.56. The molecule has 14 heavy (non-hydrogen) atoms. The number of aromatic nitrogens is 2. The topological polar surface area (TPSA) is 107 Å². The molecule has 0 aliphatic carbocycles. The molecular weight excluding hydrogens is 184 g/mol. The molecule has 76 valence electrons. The summed E-state index contributed by atoms with van der Waals surface area (Å²) in [4.78, 5) is 14.5. The van der Waals surface area contributed by atoms with Crippen molar-refractivity contribution < 1.29 is 9.90 Å². The number of nitrogens with zero attached hydrogens (tertiary/aromatic N) is 2. The van der Waals surface area contributed by atoms with Crippen molar-refractivity contribution >= 4 is 11.7 Å². The predicted molar refractivity (Wildman–Crippen MR) is 51.4 cm³/mol. The van der Waals surface area contributed by atoms with Gasteiger partial charge in [-0.2, -0.15) is 0 Å². The number of nitrogens with two attached hydrogens (primary N) is 2. The number of anilines is 1. The number of allylic oxidation sites excluding steroid dienone is 1. The van der Waals surface area contributed by atoms with E-state index in [0.717, 1.165) is 0 Å². The lowest BCUT2D eigenvalue weighted by atomic mass is 10.4. The van der Waals surface area contributed by atoms with Gasteiger partial charge in [-0.05, 0) is 0 Å². The third-order valence-electron chi connectivity index (χ3n) is 1.69. The van der Waals surface area contributed by atoms with Crippen LogP contribution in [0.1, 0.15) is 10.5 Å². The number of imidazole rings is 1. The van der Waals surface area contributed by atoms with Gasteiger partial charge in [-0.3, -0.25) is 4.79 Å². The van der Waals surface area contributed by atoms with Gasteiger partial charge in [-0.1, -0.05) is 12.2 Å². The summed E-state index contributed by atoms with van der Waals surface area (Å²) in [6, 6.07) is 0. The zero-order valence-electron chi connectivity index (χ0n) is 7.55. The molecule has 1 aromatic rings. The van der Waals surface area contributed by atoms with E-state index >= 15 is 0 Å². The van der Waals surface area contributed by atoms with Crippen molar-refractivity contribution in [1.82, 2.24) is 9.55 Å². The first-order valence-electron chi connectivity index (χ1n) is 4.03. The van der Waals surface area contributed by atoms with Crippen LogP contribution in [0.4, 0.5) is 5.82 Å². The van der Waals surface area contributed by atoms with Gasteiger partial charge in [0.05, 0.1) is 12.9 Å². The fourth-order valence-corrected chi connectivity index (χ4v) is 0.990. The van der Waals surface area contributed by atoms with Crippen LogP contribution in [0.3, 0.4) is 0 Å². The standard InChI is InChI=1S/C8H12N4O2/c9-7-6(8(10)14)11-5-12(7)3-1-2-4-13/h1-2,5,13H,3-4,9H2,(H2,10,14)/b2-1+. The molecule has 0 aromatic carbocycles. The molecule has 0 fully saturated rings. The number of carbonyl (C=O) groups excluding carboxylic acids is 1. The van der Waals surface area contributed by atoms with Gasteiger partial charge in [-0.15, -0.1) is 0 Å². The second-order valence-electron chi connectivity index (χ2n) is 2.65. The number of hydrogen-bond donors (Lipinski definition) is 3. The minimum atomic E-state index is -0.646. The van der Waals surface area contributed by atoms with Crippen LogP contribution in [-0.2, 0) is 6.54 Å². The fourth-order valence-electron chi connectivity index (χ4n) is 0.990. The first-order chi connectivity index (χ1) is 6.66. The molecule has 6 heteroatoms. The predicted octanol–water partition coefficient (Wildman–Crippen LogP) is -0.887. The molecule has 0 unspecified atom stereocenters. The van der Waals surface area contributed by atoms with Gasteiger partial charge < -0.3 is 21.1 Å². The summed E-state index contributed by atoms with van der Waals surface area (Å²) in [5, 5.41) is 8.49. The third-order valence-corrected chi connectivity index (χ3v) is 1.69. The second-order valence-corrected chi connectivity index (χ2v) is 2.65. The van der Waals surface area contributed by atoms with Crippen LogP contribution in [-0.4, -0.2) is 27.2 Å². The number of rotatable bonds is 4. The zero-order valence-corrected chi connectivity index (χ0v) is 7.55. The largest absolute Gasteiger partial charge is 0.392 e. The molecular formula is C8H12N4O2. The number of carbonyl (C=O) groups is 1. The minimum absolute atomic E-state index is 0.0305. The van der Waals surface area contributed by atoms with Crippen molar-refractivity contribution in [2.24, 2.45) is 5.73 Å². The van der Waals surface area contributed by atoms with Crippen LogP contribution in [0.15, 0.2) is 18.5 Å². The van der Waals surface area contributed by atoms with E-state index in [1.807, 2.05) is 0 Å². The van der Waals surface area contributed by atoms with Crippen LogP contribution in [0.25, 0.3) is 0 Å². The van der Waals surface area contributed by atoms with Crippen molar-refractivity contribution in [2.75, 3.05) is 12.3 Å². The molecule has 0 aliphatic rings. The van der Waals surface area contributed by atoms with E-state index in [-0.39, 0.29) is 18.1 Å². The van der Waals surface area contributed by atoms with Crippen molar-refractivity contribution in [1.29, 1.82) is 0 Å². The van der Waals surface area contributed by atoms with Crippen LogP contribution >= 0.6 is 0 Å². The van der Waals surface area contributed by atoms with Gasteiger partial charge in [-0.25, -0.2) is 4.98 Å². The highest BCUT2D eigenvalue weighted by atomic mass is 16.2. The Hall–Kier alpha value is -1.82. The van der Waals surface area contributed by atoms with E-state index in [2.05, 4.69) is 4.98 Å². The number of nitrogen functional groups attached to an aromatic ring is 1. The lowest BCUT2D eigenvalue weighted by Crippen LogP contribution is -2.14. The Balaban J connectivity index is 2.79. The van der Waals surface area contributed by atoms with E-state index in [1.165, 1.54) is 6.33 Å². The Labute approximate surface area is 80.8 Å². The molecule has 0 spiro atoms. The molecule has 1 heterocycles. The smallest absolute Gasteiger partial charge is 0.271 e. The number of hydrogen-bond acceptors (Lipinski definition) is 4. The van der Waals surface area contributed by atoms with Gasteiger partial charge in [0.15, 0.2) is 5.69 Å². The summed E-state index contributed by atoms with van der Waals surface area (Å²) in [5.41, 5.74) is 10.7. The number of aliphatic hydroxyl groups excluding tert-OH is 1. The van der Waals surface area contributed by atoms with Gasteiger partial charge in [0.2, 0.25) is 0 Å². The SMILES string of the molecule is NC(=O)c1ncn(C/C=C/CO)c1N. The van der Waals surface area contributed by atoms with Gasteiger partial charge in [0, 0.05) is 6.54 Å². The first-order valence-corrected chi connectivity index (χ1v) is 4.03. The molecule has 1 aromatic heterocycles. The lowest BCUT2D eigenvalue weighted by molar-refractivity contribution is 0.0997. The highest BCUT2D eigenvalue weighted by molar-refractivity contribution is 5.95. The average Bonchev–Trinajstić information content (AvgIpc) is 2.48. The Morgan fingerprint density at radius 2 is 2.36 bits per heavy atom.